The third kappa shape index (κ3) is 9.95. The lowest BCUT2D eigenvalue weighted by Crippen LogP contribution is -2.46. The molecule has 23 heavy (non-hydrogen) atoms. The van der Waals surface area contributed by atoms with Crippen LogP contribution in [0, 0.1) is 0 Å². The Kier molecular flexibility index (Phi) is 11.5. The molecule has 0 aromatic carbocycles. The monoisotopic (exact) mass is 360 g/mol. The van der Waals surface area contributed by atoms with E-state index in [0.29, 0.717) is 25.9 Å². The third-order valence-electron chi connectivity index (χ3n) is 2.67. The van der Waals surface area contributed by atoms with Crippen molar-refractivity contribution in [1.29, 1.82) is 0 Å². The van der Waals surface area contributed by atoms with Crippen molar-refractivity contribution < 1.29 is 36.0 Å². The van der Waals surface area contributed by atoms with Gasteiger partial charge in [-0.15, -0.1) is 0 Å². The standard InChI is InChI=1S/C14H27F3O5Si/c1-4-8-20-23(21-9-5-2,22-10-6-3)12-7-11-19-13(18)14(15,16)17/h4-12H2,1-3H3. The Labute approximate surface area is 136 Å². The van der Waals surface area contributed by atoms with Gasteiger partial charge >= 0.3 is 21.0 Å². The fraction of sp³-hybridized carbons (Fsp3) is 0.929. The lowest BCUT2D eigenvalue weighted by molar-refractivity contribution is -0.199. The van der Waals surface area contributed by atoms with Gasteiger partial charge in [-0.05, 0) is 25.7 Å². The van der Waals surface area contributed by atoms with E-state index < -0.39 is 21.0 Å². The van der Waals surface area contributed by atoms with Gasteiger partial charge in [0.1, 0.15) is 0 Å². The molecule has 0 saturated heterocycles. The van der Waals surface area contributed by atoms with Crippen LogP contribution in [-0.2, 0) is 22.8 Å². The van der Waals surface area contributed by atoms with E-state index in [1.165, 1.54) is 0 Å². The van der Waals surface area contributed by atoms with Crippen LogP contribution in [0.1, 0.15) is 46.5 Å². The van der Waals surface area contributed by atoms with Gasteiger partial charge in [-0.1, -0.05) is 20.8 Å². The molecule has 9 heteroatoms. The average Bonchev–Trinajstić information content (AvgIpc) is 2.51. The Morgan fingerprint density at radius 3 is 1.65 bits per heavy atom. The molecule has 0 atom stereocenters. The number of esters is 1. The number of hydrogen-bond donors (Lipinski definition) is 0. The second-order valence-electron chi connectivity index (χ2n) is 4.97. The molecule has 0 rings (SSSR count). The highest BCUT2D eigenvalue weighted by Crippen LogP contribution is 2.21. The molecule has 0 N–H and O–H groups in total. The highest BCUT2D eigenvalue weighted by molar-refractivity contribution is 6.60. The Morgan fingerprint density at radius 2 is 1.30 bits per heavy atom. The van der Waals surface area contributed by atoms with Crippen molar-refractivity contribution in [2.75, 3.05) is 26.4 Å². The Bertz CT molecular complexity index is 304. The van der Waals surface area contributed by atoms with Gasteiger partial charge < -0.3 is 18.0 Å². The maximum Gasteiger partial charge on any atom is 0.501 e. The fourth-order valence-electron chi connectivity index (χ4n) is 1.65. The fourth-order valence-corrected chi connectivity index (χ4v) is 4.46. The van der Waals surface area contributed by atoms with Crippen LogP contribution in [0.15, 0.2) is 0 Å². The predicted octanol–water partition coefficient (Wildman–Crippen LogP) is 3.70. The summed E-state index contributed by atoms with van der Waals surface area (Å²) in [5, 5.41) is 0. The first-order valence-electron chi connectivity index (χ1n) is 7.97. The number of halogens is 3. The van der Waals surface area contributed by atoms with Gasteiger partial charge in [-0.3, -0.25) is 0 Å². The molecule has 0 saturated carbocycles. The number of hydrogen-bond acceptors (Lipinski definition) is 5. The molecule has 0 aliphatic heterocycles. The van der Waals surface area contributed by atoms with Gasteiger partial charge in [0.25, 0.3) is 0 Å². The first-order chi connectivity index (χ1) is 10.8. The summed E-state index contributed by atoms with van der Waals surface area (Å²) in [4.78, 5) is 10.7. The first-order valence-corrected chi connectivity index (χ1v) is 9.90. The van der Waals surface area contributed by atoms with Crippen LogP contribution in [-0.4, -0.2) is 47.4 Å². The van der Waals surface area contributed by atoms with Crippen LogP contribution in [0.2, 0.25) is 6.04 Å². The lowest BCUT2D eigenvalue weighted by Gasteiger charge is -2.29. The molecule has 0 bridgehead atoms. The number of carbonyl (C=O) groups excluding carboxylic acids is 1. The minimum absolute atomic E-state index is 0.200. The molecule has 0 fully saturated rings. The highest BCUT2D eigenvalue weighted by atomic mass is 28.4. The van der Waals surface area contributed by atoms with Gasteiger partial charge in [0.2, 0.25) is 0 Å². The lowest BCUT2D eigenvalue weighted by atomic mass is 10.5. The summed E-state index contributed by atoms with van der Waals surface area (Å²) in [5.74, 6) is -2.18. The maximum atomic E-state index is 12.1. The minimum atomic E-state index is -4.97. The van der Waals surface area contributed by atoms with E-state index in [1.807, 2.05) is 20.8 Å². The van der Waals surface area contributed by atoms with E-state index >= 15 is 0 Å². The Hall–Kier alpha value is -0.643. The molecule has 0 aliphatic rings. The van der Waals surface area contributed by atoms with Gasteiger partial charge in [-0.25, -0.2) is 4.79 Å². The molecule has 0 aliphatic carbocycles. The number of alkyl halides is 3. The molecule has 0 radical (unpaired) electrons. The Morgan fingerprint density at radius 1 is 0.870 bits per heavy atom. The van der Waals surface area contributed by atoms with Crippen molar-refractivity contribution >= 4 is 14.8 Å². The van der Waals surface area contributed by atoms with E-state index in [9.17, 15) is 18.0 Å². The van der Waals surface area contributed by atoms with Crippen molar-refractivity contribution in [2.24, 2.45) is 0 Å². The summed E-state index contributed by atoms with van der Waals surface area (Å²) < 4.78 is 57.8. The second kappa shape index (κ2) is 11.8. The number of rotatable bonds is 13. The molecule has 0 aromatic heterocycles. The third-order valence-corrected chi connectivity index (χ3v) is 5.57. The summed E-state index contributed by atoms with van der Waals surface area (Å²) in [5.41, 5.74) is 0. The zero-order chi connectivity index (χ0) is 17.8. The Balaban J connectivity index is 4.54. The quantitative estimate of drug-likeness (QED) is 0.285. The zero-order valence-corrected chi connectivity index (χ0v) is 15.0. The minimum Gasteiger partial charge on any atom is -0.459 e. The smallest absolute Gasteiger partial charge is 0.459 e. The van der Waals surface area contributed by atoms with Crippen LogP contribution in [0.5, 0.6) is 0 Å². The molecular weight excluding hydrogens is 333 g/mol. The number of carbonyl (C=O) groups is 1. The second-order valence-corrected chi connectivity index (χ2v) is 7.70. The summed E-state index contributed by atoms with van der Waals surface area (Å²) in [6.07, 6.45) is -2.43. The van der Waals surface area contributed by atoms with E-state index in [2.05, 4.69) is 4.74 Å². The van der Waals surface area contributed by atoms with E-state index in [1.54, 1.807) is 0 Å². The highest BCUT2D eigenvalue weighted by Gasteiger charge is 2.42. The molecule has 5 nitrogen and oxygen atoms in total. The molecule has 0 unspecified atom stereocenters. The summed E-state index contributed by atoms with van der Waals surface area (Å²) in [7, 11) is -2.95. The maximum absolute atomic E-state index is 12.1. The molecule has 0 aromatic rings. The molecular formula is C14H27F3O5Si. The topological polar surface area (TPSA) is 54.0 Å². The van der Waals surface area contributed by atoms with Crippen LogP contribution >= 0.6 is 0 Å². The van der Waals surface area contributed by atoms with E-state index in [-0.39, 0.29) is 13.0 Å². The van der Waals surface area contributed by atoms with Crippen LogP contribution in [0.4, 0.5) is 13.2 Å². The van der Waals surface area contributed by atoms with Crippen molar-refractivity contribution in [3.8, 4) is 0 Å². The zero-order valence-electron chi connectivity index (χ0n) is 14.0. The molecule has 0 spiro atoms. The first kappa shape index (κ1) is 22.4. The van der Waals surface area contributed by atoms with Crippen LogP contribution in [0.3, 0.4) is 0 Å². The van der Waals surface area contributed by atoms with Crippen molar-refractivity contribution in [1.82, 2.24) is 0 Å². The van der Waals surface area contributed by atoms with Crippen molar-refractivity contribution in [2.45, 2.75) is 58.7 Å². The molecule has 0 heterocycles. The molecule has 0 amide bonds. The largest absolute Gasteiger partial charge is 0.501 e. The van der Waals surface area contributed by atoms with E-state index in [4.69, 9.17) is 13.3 Å². The summed E-state index contributed by atoms with van der Waals surface area (Å²) >= 11 is 0. The normalized spacial score (nSPS) is 12.4. The SMILES string of the molecule is CCCO[Si](CCCOC(=O)C(F)(F)F)(OCCC)OCCC. The van der Waals surface area contributed by atoms with Crippen LogP contribution < -0.4 is 0 Å². The summed E-state index contributed by atoms with van der Waals surface area (Å²) in [6, 6.07) is 0.318. The van der Waals surface area contributed by atoms with Gasteiger partial charge in [0.05, 0.1) is 6.61 Å². The van der Waals surface area contributed by atoms with Crippen molar-refractivity contribution in [3.05, 3.63) is 0 Å². The van der Waals surface area contributed by atoms with E-state index in [0.717, 1.165) is 19.3 Å². The average molecular weight is 360 g/mol. The summed E-state index contributed by atoms with van der Waals surface area (Å²) in [6.45, 7) is 6.89. The van der Waals surface area contributed by atoms with Gasteiger partial charge in [0.15, 0.2) is 0 Å². The van der Waals surface area contributed by atoms with Crippen molar-refractivity contribution in [3.63, 3.8) is 0 Å². The predicted molar refractivity (Wildman–Crippen MR) is 80.9 cm³/mol. The van der Waals surface area contributed by atoms with Gasteiger partial charge in [0, 0.05) is 25.9 Å². The number of ether oxygens (including phenoxy) is 1. The molecule has 138 valence electrons. The van der Waals surface area contributed by atoms with Crippen LogP contribution in [0.25, 0.3) is 0 Å². The van der Waals surface area contributed by atoms with Gasteiger partial charge in [-0.2, -0.15) is 13.2 Å².